The van der Waals surface area contributed by atoms with Gasteiger partial charge in [-0.1, -0.05) is 24.3 Å². The summed E-state index contributed by atoms with van der Waals surface area (Å²) in [7, 11) is 0. The molecule has 154 valence electrons. The zero-order chi connectivity index (χ0) is 20.9. The van der Waals surface area contributed by atoms with Crippen LogP contribution in [0.4, 0.5) is 5.69 Å². The summed E-state index contributed by atoms with van der Waals surface area (Å²) in [6.07, 6.45) is 0.668. The van der Waals surface area contributed by atoms with Gasteiger partial charge in [-0.15, -0.1) is 0 Å². The van der Waals surface area contributed by atoms with Crippen LogP contribution in [0.2, 0.25) is 0 Å². The predicted molar refractivity (Wildman–Crippen MR) is 113 cm³/mol. The second kappa shape index (κ2) is 9.04. The minimum Gasteiger partial charge on any atom is -0.485 e. The van der Waals surface area contributed by atoms with Crippen LogP contribution >= 0.6 is 15.9 Å². The lowest BCUT2D eigenvalue weighted by Crippen LogP contribution is -2.48. The lowest BCUT2D eigenvalue weighted by molar-refractivity contribution is -0.144. The number of furan rings is 1. The van der Waals surface area contributed by atoms with Gasteiger partial charge in [0.25, 0.3) is 5.91 Å². The highest BCUT2D eigenvalue weighted by molar-refractivity contribution is 9.10. The zero-order valence-corrected chi connectivity index (χ0v) is 17.5. The third-order valence-electron chi connectivity index (χ3n) is 4.50. The third-order valence-corrected chi connectivity index (χ3v) is 5.20. The molecule has 0 aliphatic carbocycles. The second-order valence-corrected chi connectivity index (χ2v) is 7.52. The summed E-state index contributed by atoms with van der Waals surface area (Å²) >= 11 is 3.40. The molecule has 0 bridgehead atoms. The number of hydrogen-bond acceptors (Lipinski definition) is 5. The Bertz CT molecular complexity index is 1040. The fourth-order valence-electron chi connectivity index (χ4n) is 3.07. The van der Waals surface area contributed by atoms with E-state index in [0.717, 1.165) is 4.47 Å². The minimum atomic E-state index is -0.855. The monoisotopic (exact) mass is 470 g/mol. The van der Waals surface area contributed by atoms with E-state index in [2.05, 4.69) is 21.2 Å². The van der Waals surface area contributed by atoms with E-state index in [1.165, 1.54) is 11.2 Å². The van der Waals surface area contributed by atoms with Crippen LogP contribution in [0.3, 0.4) is 0 Å². The number of benzene rings is 2. The Labute approximate surface area is 181 Å². The van der Waals surface area contributed by atoms with Crippen LogP contribution in [-0.4, -0.2) is 36.0 Å². The average molecular weight is 471 g/mol. The molecule has 4 rings (SSSR count). The SMILES string of the molecule is O=C(CN(Cc1ccco1)C(=O)C1COc2ccccc2O1)Nc1ccccc1Br. The summed E-state index contributed by atoms with van der Waals surface area (Å²) < 4.78 is 17.6. The first kappa shape index (κ1) is 20.0. The molecule has 1 N–H and O–H groups in total. The molecule has 0 spiro atoms. The molecule has 2 aromatic carbocycles. The van der Waals surface area contributed by atoms with Gasteiger partial charge in [-0.25, -0.2) is 0 Å². The lowest BCUT2D eigenvalue weighted by atomic mass is 10.2. The fraction of sp³-hybridized carbons (Fsp3) is 0.182. The molecule has 1 atom stereocenters. The number of ether oxygens (including phenoxy) is 2. The number of carbonyl (C=O) groups excluding carboxylic acids is 2. The van der Waals surface area contributed by atoms with E-state index in [1.807, 2.05) is 24.3 Å². The predicted octanol–water partition coefficient (Wildman–Crippen LogP) is 3.85. The minimum absolute atomic E-state index is 0.0658. The van der Waals surface area contributed by atoms with Crippen LogP contribution in [0.25, 0.3) is 0 Å². The molecule has 0 fully saturated rings. The number of anilines is 1. The van der Waals surface area contributed by atoms with E-state index in [1.54, 1.807) is 36.4 Å². The number of halogens is 1. The summed E-state index contributed by atoms with van der Waals surface area (Å²) in [4.78, 5) is 27.2. The van der Waals surface area contributed by atoms with E-state index < -0.39 is 6.10 Å². The molecule has 30 heavy (non-hydrogen) atoms. The van der Waals surface area contributed by atoms with Crippen molar-refractivity contribution in [2.75, 3.05) is 18.5 Å². The maximum absolute atomic E-state index is 13.2. The summed E-state index contributed by atoms with van der Waals surface area (Å²) in [5.74, 6) is 0.958. The molecule has 0 saturated heterocycles. The molecular weight excluding hydrogens is 452 g/mol. The summed E-state index contributed by atoms with van der Waals surface area (Å²) in [5.41, 5.74) is 0.624. The first-order valence-corrected chi connectivity index (χ1v) is 10.1. The fourth-order valence-corrected chi connectivity index (χ4v) is 3.46. The Hall–Kier alpha value is -3.26. The smallest absolute Gasteiger partial charge is 0.268 e. The van der Waals surface area contributed by atoms with Gasteiger partial charge in [0.1, 0.15) is 18.9 Å². The lowest BCUT2D eigenvalue weighted by Gasteiger charge is -2.30. The van der Waals surface area contributed by atoms with Crippen LogP contribution in [0.1, 0.15) is 5.76 Å². The number of para-hydroxylation sites is 3. The first-order valence-electron chi connectivity index (χ1n) is 9.34. The van der Waals surface area contributed by atoms with Gasteiger partial charge in [0.15, 0.2) is 11.5 Å². The van der Waals surface area contributed by atoms with Crippen molar-refractivity contribution in [2.45, 2.75) is 12.6 Å². The zero-order valence-electron chi connectivity index (χ0n) is 15.9. The topological polar surface area (TPSA) is 81.0 Å². The highest BCUT2D eigenvalue weighted by atomic mass is 79.9. The van der Waals surface area contributed by atoms with E-state index in [9.17, 15) is 9.59 Å². The van der Waals surface area contributed by atoms with Crippen LogP contribution in [0.5, 0.6) is 11.5 Å². The van der Waals surface area contributed by atoms with Crippen molar-refractivity contribution in [1.29, 1.82) is 0 Å². The van der Waals surface area contributed by atoms with Gasteiger partial charge >= 0.3 is 0 Å². The van der Waals surface area contributed by atoms with Crippen LogP contribution in [0, 0.1) is 0 Å². The van der Waals surface area contributed by atoms with Gasteiger partial charge in [-0.3, -0.25) is 9.59 Å². The summed E-state index contributed by atoms with van der Waals surface area (Å²) in [6.45, 7) is 0.0372. The van der Waals surface area contributed by atoms with Crippen LogP contribution in [-0.2, 0) is 16.1 Å². The molecule has 7 nitrogen and oxygen atoms in total. The molecule has 1 aromatic heterocycles. The Balaban J connectivity index is 1.49. The Morgan fingerprint density at radius 2 is 1.80 bits per heavy atom. The van der Waals surface area contributed by atoms with Crippen molar-refractivity contribution in [2.24, 2.45) is 0 Å². The molecule has 8 heteroatoms. The van der Waals surface area contributed by atoms with E-state index in [4.69, 9.17) is 13.9 Å². The third kappa shape index (κ3) is 4.65. The number of amides is 2. The number of carbonyl (C=O) groups is 2. The molecule has 1 unspecified atom stereocenters. The van der Waals surface area contributed by atoms with Gasteiger partial charge in [0.05, 0.1) is 18.5 Å². The molecule has 0 saturated carbocycles. The molecule has 1 aliphatic rings. The maximum atomic E-state index is 13.2. The van der Waals surface area contributed by atoms with Gasteiger partial charge in [-0.2, -0.15) is 0 Å². The number of hydrogen-bond donors (Lipinski definition) is 1. The first-order chi connectivity index (χ1) is 14.6. The highest BCUT2D eigenvalue weighted by Gasteiger charge is 2.32. The molecule has 0 radical (unpaired) electrons. The van der Waals surface area contributed by atoms with Crippen molar-refractivity contribution in [1.82, 2.24) is 4.90 Å². The van der Waals surface area contributed by atoms with Crippen molar-refractivity contribution in [3.05, 3.63) is 77.2 Å². The van der Waals surface area contributed by atoms with Gasteiger partial charge < -0.3 is 24.1 Å². The normalized spacial score (nSPS) is 14.8. The Morgan fingerprint density at radius 3 is 2.57 bits per heavy atom. The number of nitrogens with one attached hydrogen (secondary N) is 1. The van der Waals surface area contributed by atoms with Crippen molar-refractivity contribution in [3.63, 3.8) is 0 Å². The molecule has 2 heterocycles. The Kier molecular flexibility index (Phi) is 6.04. The van der Waals surface area contributed by atoms with E-state index in [0.29, 0.717) is 22.9 Å². The standard InChI is InChI=1S/C22H19BrN2O5/c23-16-7-1-2-8-17(16)24-21(26)13-25(12-15-6-5-11-28-15)22(27)20-14-29-18-9-3-4-10-19(18)30-20/h1-11,20H,12-14H2,(H,24,26). The van der Waals surface area contributed by atoms with Crippen molar-refractivity contribution < 1.29 is 23.5 Å². The number of fused-ring (bicyclic) bond motifs is 1. The maximum Gasteiger partial charge on any atom is 0.268 e. The second-order valence-electron chi connectivity index (χ2n) is 6.67. The number of rotatable bonds is 6. The summed E-state index contributed by atoms with van der Waals surface area (Å²) in [5, 5.41) is 2.81. The molecular formula is C22H19BrN2O5. The highest BCUT2D eigenvalue weighted by Crippen LogP contribution is 2.31. The van der Waals surface area contributed by atoms with Crippen LogP contribution in [0.15, 0.2) is 75.8 Å². The largest absolute Gasteiger partial charge is 0.485 e. The molecule has 1 aliphatic heterocycles. The quantitative estimate of drug-likeness (QED) is 0.591. The van der Waals surface area contributed by atoms with Crippen molar-refractivity contribution >= 4 is 33.4 Å². The summed E-state index contributed by atoms with van der Waals surface area (Å²) in [6, 6.07) is 17.9. The van der Waals surface area contributed by atoms with Gasteiger partial charge in [0, 0.05) is 4.47 Å². The number of nitrogens with zero attached hydrogens (tertiary/aromatic N) is 1. The van der Waals surface area contributed by atoms with Crippen LogP contribution < -0.4 is 14.8 Å². The van der Waals surface area contributed by atoms with E-state index >= 15 is 0 Å². The van der Waals surface area contributed by atoms with Gasteiger partial charge in [-0.05, 0) is 52.3 Å². The van der Waals surface area contributed by atoms with E-state index in [-0.39, 0.29) is 31.5 Å². The molecule has 2 amide bonds. The van der Waals surface area contributed by atoms with Gasteiger partial charge in [0.2, 0.25) is 12.0 Å². The average Bonchev–Trinajstić information content (AvgIpc) is 3.27. The molecule has 3 aromatic rings. The Morgan fingerprint density at radius 1 is 1.03 bits per heavy atom. The van der Waals surface area contributed by atoms with Crippen molar-refractivity contribution in [3.8, 4) is 11.5 Å².